The molecular weight excluding hydrogens is 268 g/mol. The summed E-state index contributed by atoms with van der Waals surface area (Å²) in [4.78, 5) is 0. The van der Waals surface area contributed by atoms with E-state index in [1.54, 1.807) is 14.2 Å². The van der Waals surface area contributed by atoms with Crippen molar-refractivity contribution >= 4 is 11.6 Å². The summed E-state index contributed by atoms with van der Waals surface area (Å²) >= 11 is 0. The number of hydrogen-bond donors (Lipinski definition) is 0. The Kier molecular flexibility index (Phi) is 7.34. The van der Waals surface area contributed by atoms with E-state index in [-0.39, 0.29) is 0 Å². The lowest BCUT2D eigenvalue weighted by Gasteiger charge is -2.10. The molecule has 0 saturated carbocycles. The van der Waals surface area contributed by atoms with Gasteiger partial charge < -0.3 is 4.74 Å². The molecule has 0 fully saturated rings. The molecule has 1 nitrogen and oxygen atoms in total. The van der Waals surface area contributed by atoms with Crippen molar-refractivity contribution in [2.75, 3.05) is 14.2 Å². The van der Waals surface area contributed by atoms with Crippen molar-refractivity contribution in [3.05, 3.63) is 83.4 Å². The van der Waals surface area contributed by atoms with Crippen LogP contribution in [0.5, 0.6) is 0 Å². The summed E-state index contributed by atoms with van der Waals surface area (Å²) in [5.74, 6) is 0. The Morgan fingerprint density at radius 3 is 2.41 bits per heavy atom. The van der Waals surface area contributed by atoms with Gasteiger partial charge in [-0.15, -0.1) is 0 Å². The standard InChI is InChI=1S/C19H20.C2H6O/c1-5-17-7-6-8-18(13-17)16(4)12-19-11-14(2)9-10-15(19)3;1-3-2/h5-11,13H,1,4,12H2,2-3H3;1-2H3. The molecule has 0 aliphatic heterocycles. The summed E-state index contributed by atoms with van der Waals surface area (Å²) < 4.78 is 4.25. The molecule has 1 heteroatoms. The molecule has 0 bridgehead atoms. The maximum atomic E-state index is 4.25. The Bertz CT molecular complexity index is 638. The fraction of sp³-hybridized carbons (Fsp3) is 0.238. The highest BCUT2D eigenvalue weighted by Crippen LogP contribution is 2.22. The van der Waals surface area contributed by atoms with Gasteiger partial charge in [-0.1, -0.05) is 61.2 Å². The van der Waals surface area contributed by atoms with E-state index in [1.165, 1.54) is 22.3 Å². The second-order valence-corrected chi connectivity index (χ2v) is 5.45. The zero-order chi connectivity index (χ0) is 16.5. The Hall–Kier alpha value is -2.12. The first-order valence-corrected chi connectivity index (χ1v) is 7.38. The summed E-state index contributed by atoms with van der Waals surface area (Å²) in [6.45, 7) is 12.3. The van der Waals surface area contributed by atoms with Gasteiger partial charge in [0.1, 0.15) is 0 Å². The van der Waals surface area contributed by atoms with Gasteiger partial charge in [0, 0.05) is 14.2 Å². The maximum Gasteiger partial charge on any atom is 0.0351 e. The Labute approximate surface area is 135 Å². The van der Waals surface area contributed by atoms with Crippen LogP contribution in [0.4, 0.5) is 0 Å². The molecule has 0 spiro atoms. The first-order valence-electron chi connectivity index (χ1n) is 7.38. The predicted molar refractivity (Wildman–Crippen MR) is 98.1 cm³/mol. The van der Waals surface area contributed by atoms with Gasteiger partial charge in [-0.25, -0.2) is 0 Å². The monoisotopic (exact) mass is 294 g/mol. The van der Waals surface area contributed by atoms with Crippen LogP contribution in [0.3, 0.4) is 0 Å². The summed E-state index contributed by atoms with van der Waals surface area (Å²) in [5, 5.41) is 0. The van der Waals surface area contributed by atoms with E-state index in [9.17, 15) is 0 Å². The highest BCUT2D eigenvalue weighted by Gasteiger charge is 2.04. The fourth-order valence-electron chi connectivity index (χ4n) is 2.21. The van der Waals surface area contributed by atoms with E-state index < -0.39 is 0 Å². The van der Waals surface area contributed by atoms with Crippen molar-refractivity contribution in [1.29, 1.82) is 0 Å². The molecule has 0 aliphatic rings. The van der Waals surface area contributed by atoms with E-state index in [1.807, 2.05) is 6.08 Å². The molecule has 2 aromatic carbocycles. The van der Waals surface area contributed by atoms with Crippen LogP contribution in [-0.4, -0.2) is 14.2 Å². The van der Waals surface area contributed by atoms with E-state index in [0.29, 0.717) is 0 Å². The van der Waals surface area contributed by atoms with E-state index in [0.717, 1.165) is 17.6 Å². The Morgan fingerprint density at radius 1 is 1.09 bits per heavy atom. The van der Waals surface area contributed by atoms with E-state index in [2.05, 4.69) is 74.2 Å². The SMILES string of the molecule is C=Cc1cccc(C(=C)Cc2cc(C)ccc2C)c1.COC. The van der Waals surface area contributed by atoms with E-state index in [4.69, 9.17) is 0 Å². The first kappa shape index (κ1) is 17.9. The minimum absolute atomic E-state index is 0.897. The highest BCUT2D eigenvalue weighted by atomic mass is 16.4. The molecule has 0 unspecified atom stereocenters. The topological polar surface area (TPSA) is 9.23 Å². The summed E-state index contributed by atoms with van der Waals surface area (Å²) in [5.41, 5.74) is 7.46. The molecule has 2 rings (SSSR count). The molecule has 0 saturated heterocycles. The molecule has 0 N–H and O–H groups in total. The molecule has 0 aliphatic carbocycles. The van der Waals surface area contributed by atoms with Gasteiger partial charge >= 0.3 is 0 Å². The predicted octanol–water partition coefficient (Wildman–Crippen LogP) is 5.46. The van der Waals surface area contributed by atoms with Crippen molar-refractivity contribution in [3.8, 4) is 0 Å². The smallest absolute Gasteiger partial charge is 0.0351 e. The van der Waals surface area contributed by atoms with Crippen molar-refractivity contribution in [2.24, 2.45) is 0 Å². The van der Waals surface area contributed by atoms with Crippen LogP contribution >= 0.6 is 0 Å². The van der Waals surface area contributed by atoms with Gasteiger partial charge in [0.2, 0.25) is 0 Å². The van der Waals surface area contributed by atoms with Crippen LogP contribution in [-0.2, 0) is 11.2 Å². The highest BCUT2D eigenvalue weighted by molar-refractivity contribution is 5.68. The molecule has 0 atom stereocenters. The fourth-order valence-corrected chi connectivity index (χ4v) is 2.21. The van der Waals surface area contributed by atoms with Crippen molar-refractivity contribution in [1.82, 2.24) is 0 Å². The molecule has 116 valence electrons. The third-order valence-corrected chi connectivity index (χ3v) is 3.44. The first-order chi connectivity index (χ1) is 10.5. The minimum atomic E-state index is 0.897. The third-order valence-electron chi connectivity index (χ3n) is 3.44. The maximum absolute atomic E-state index is 4.25. The molecule has 0 heterocycles. The van der Waals surface area contributed by atoms with E-state index >= 15 is 0 Å². The van der Waals surface area contributed by atoms with Crippen LogP contribution < -0.4 is 0 Å². The summed E-state index contributed by atoms with van der Waals surface area (Å²) in [7, 11) is 3.25. The molecule has 0 aromatic heterocycles. The van der Waals surface area contributed by atoms with Crippen LogP contribution in [0, 0.1) is 13.8 Å². The van der Waals surface area contributed by atoms with Crippen molar-refractivity contribution in [2.45, 2.75) is 20.3 Å². The molecule has 2 aromatic rings. The van der Waals surface area contributed by atoms with Crippen LogP contribution in [0.1, 0.15) is 27.8 Å². The van der Waals surface area contributed by atoms with Crippen molar-refractivity contribution in [3.63, 3.8) is 0 Å². The third kappa shape index (κ3) is 5.34. The van der Waals surface area contributed by atoms with Gasteiger partial charge in [0.05, 0.1) is 0 Å². The van der Waals surface area contributed by atoms with Gasteiger partial charge in [-0.3, -0.25) is 0 Å². The quantitative estimate of drug-likeness (QED) is 0.727. The zero-order valence-electron chi connectivity index (χ0n) is 14.1. The number of ether oxygens (including phenoxy) is 1. The average Bonchev–Trinajstić information content (AvgIpc) is 2.51. The number of methoxy groups -OCH3 is 1. The molecule has 0 radical (unpaired) electrons. The second kappa shape index (κ2) is 9.01. The zero-order valence-corrected chi connectivity index (χ0v) is 14.1. The molecule has 22 heavy (non-hydrogen) atoms. The summed E-state index contributed by atoms with van der Waals surface area (Å²) in [6.07, 6.45) is 2.77. The lowest BCUT2D eigenvalue weighted by molar-refractivity contribution is 0.277. The van der Waals surface area contributed by atoms with Gasteiger partial charge in [0.25, 0.3) is 0 Å². The van der Waals surface area contributed by atoms with Gasteiger partial charge in [-0.2, -0.15) is 0 Å². The Balaban J connectivity index is 0.000000745. The van der Waals surface area contributed by atoms with Gasteiger partial charge in [0.15, 0.2) is 0 Å². The number of hydrogen-bond acceptors (Lipinski definition) is 1. The average molecular weight is 294 g/mol. The number of aryl methyl sites for hydroxylation is 2. The van der Waals surface area contributed by atoms with Crippen LogP contribution in [0.15, 0.2) is 55.6 Å². The van der Waals surface area contributed by atoms with Gasteiger partial charge in [-0.05, 0) is 54.2 Å². The number of benzene rings is 2. The lowest BCUT2D eigenvalue weighted by atomic mass is 9.95. The van der Waals surface area contributed by atoms with Crippen LogP contribution in [0.2, 0.25) is 0 Å². The lowest BCUT2D eigenvalue weighted by Crippen LogP contribution is -1.94. The molecule has 0 amide bonds. The number of allylic oxidation sites excluding steroid dienone is 1. The largest absolute Gasteiger partial charge is 0.388 e. The second-order valence-electron chi connectivity index (χ2n) is 5.45. The normalized spacial score (nSPS) is 9.64. The summed E-state index contributed by atoms with van der Waals surface area (Å²) in [6, 6.07) is 14.9. The minimum Gasteiger partial charge on any atom is -0.388 e. The number of rotatable bonds is 4. The Morgan fingerprint density at radius 2 is 1.77 bits per heavy atom. The van der Waals surface area contributed by atoms with Crippen molar-refractivity contribution < 1.29 is 4.74 Å². The molecular formula is C21H26O. The van der Waals surface area contributed by atoms with Crippen LogP contribution in [0.25, 0.3) is 11.6 Å².